The van der Waals surface area contributed by atoms with Crippen molar-refractivity contribution in [2.24, 2.45) is 0 Å². The van der Waals surface area contributed by atoms with Crippen LogP contribution in [0.25, 0.3) is 11.1 Å². The first kappa shape index (κ1) is 36.9. The molecule has 0 spiro atoms. The molecule has 0 aliphatic carbocycles. The highest BCUT2D eigenvalue weighted by molar-refractivity contribution is 6.04. The molecule has 0 saturated carbocycles. The highest BCUT2D eigenvalue weighted by Crippen LogP contribution is 2.37. The predicted molar refractivity (Wildman–Crippen MR) is 203 cm³/mol. The van der Waals surface area contributed by atoms with Crippen LogP contribution < -0.4 is 20.1 Å². The zero-order valence-corrected chi connectivity index (χ0v) is 29.6. The SMILES string of the molecule is CN(C)CCNCCCCOc1ccc(/C(=C(/c2ccccc2)c2ccc(OCCCCNCCN(C)C)cc2)c2ccccc2)cc1. The third kappa shape index (κ3) is 12.9. The van der Waals surface area contributed by atoms with E-state index in [1.54, 1.807) is 0 Å². The number of ether oxygens (including phenoxy) is 2. The molecule has 6 nitrogen and oxygen atoms in total. The molecular formula is C42H56N4O2. The van der Waals surface area contributed by atoms with Crippen LogP contribution in [0.15, 0.2) is 109 Å². The van der Waals surface area contributed by atoms with E-state index in [1.165, 1.54) is 22.3 Å². The van der Waals surface area contributed by atoms with Gasteiger partial charge in [0, 0.05) is 26.2 Å². The van der Waals surface area contributed by atoms with Gasteiger partial charge in [0.15, 0.2) is 0 Å². The summed E-state index contributed by atoms with van der Waals surface area (Å²) in [5.74, 6) is 1.80. The fraction of sp³-hybridized carbons (Fsp3) is 0.381. The van der Waals surface area contributed by atoms with E-state index in [0.29, 0.717) is 13.2 Å². The molecule has 0 aliphatic heterocycles. The summed E-state index contributed by atoms with van der Waals surface area (Å²) in [5.41, 5.74) is 7.02. The van der Waals surface area contributed by atoms with E-state index in [9.17, 15) is 0 Å². The predicted octanol–water partition coefficient (Wildman–Crippen LogP) is 7.31. The summed E-state index contributed by atoms with van der Waals surface area (Å²) in [6.07, 6.45) is 4.26. The van der Waals surface area contributed by atoms with Gasteiger partial charge in [-0.1, -0.05) is 84.9 Å². The molecule has 0 unspecified atom stereocenters. The van der Waals surface area contributed by atoms with Crippen molar-refractivity contribution in [1.82, 2.24) is 20.4 Å². The molecule has 0 atom stereocenters. The van der Waals surface area contributed by atoms with E-state index in [2.05, 4.69) is 158 Å². The summed E-state index contributed by atoms with van der Waals surface area (Å²) in [5, 5.41) is 7.00. The number of unbranched alkanes of at least 4 members (excludes halogenated alkanes) is 2. The van der Waals surface area contributed by atoms with Crippen LogP contribution in [0.1, 0.15) is 47.9 Å². The van der Waals surface area contributed by atoms with Gasteiger partial charge < -0.3 is 29.9 Å². The van der Waals surface area contributed by atoms with Crippen molar-refractivity contribution in [2.75, 3.05) is 80.7 Å². The van der Waals surface area contributed by atoms with Gasteiger partial charge in [-0.2, -0.15) is 0 Å². The minimum atomic E-state index is 0.716. The third-order valence-corrected chi connectivity index (χ3v) is 8.17. The Labute approximate surface area is 289 Å². The van der Waals surface area contributed by atoms with Crippen LogP contribution in [0.4, 0.5) is 0 Å². The van der Waals surface area contributed by atoms with Crippen molar-refractivity contribution in [3.8, 4) is 11.5 Å². The van der Waals surface area contributed by atoms with E-state index in [-0.39, 0.29) is 0 Å². The Morgan fingerprint density at radius 1 is 0.438 bits per heavy atom. The molecule has 0 radical (unpaired) electrons. The Bertz CT molecular complexity index is 1340. The smallest absolute Gasteiger partial charge is 0.119 e. The van der Waals surface area contributed by atoms with Crippen LogP contribution in [0.2, 0.25) is 0 Å². The second-order valence-electron chi connectivity index (χ2n) is 12.7. The molecule has 0 saturated heterocycles. The minimum absolute atomic E-state index is 0.716. The number of nitrogens with zero attached hydrogens (tertiary/aromatic N) is 2. The van der Waals surface area contributed by atoms with Crippen LogP contribution >= 0.6 is 0 Å². The summed E-state index contributed by atoms with van der Waals surface area (Å²) in [4.78, 5) is 4.39. The Hall–Kier alpha value is -3.94. The second-order valence-corrected chi connectivity index (χ2v) is 12.7. The van der Waals surface area contributed by atoms with E-state index in [0.717, 1.165) is 87.6 Å². The van der Waals surface area contributed by atoms with Gasteiger partial charge in [0.1, 0.15) is 11.5 Å². The van der Waals surface area contributed by atoms with Gasteiger partial charge in [0.25, 0.3) is 0 Å². The third-order valence-electron chi connectivity index (χ3n) is 8.17. The normalized spacial score (nSPS) is 12.0. The molecule has 4 aromatic rings. The number of nitrogens with one attached hydrogen (secondary N) is 2. The van der Waals surface area contributed by atoms with E-state index in [4.69, 9.17) is 9.47 Å². The molecular weight excluding hydrogens is 592 g/mol. The largest absolute Gasteiger partial charge is 0.494 e. The Balaban J connectivity index is 1.47. The van der Waals surface area contributed by atoms with E-state index >= 15 is 0 Å². The summed E-state index contributed by atoms with van der Waals surface area (Å²) in [6, 6.07) is 38.5. The Morgan fingerprint density at radius 3 is 1.15 bits per heavy atom. The molecule has 256 valence electrons. The average Bonchev–Trinajstić information content (AvgIpc) is 3.11. The fourth-order valence-electron chi connectivity index (χ4n) is 5.50. The van der Waals surface area contributed by atoms with Crippen molar-refractivity contribution >= 4 is 11.1 Å². The zero-order valence-electron chi connectivity index (χ0n) is 29.6. The standard InChI is InChI=1S/C42H56N4O2/c1-45(2)31-29-43-27-11-13-33-47-39-23-19-37(20-24-39)41(35-15-7-5-8-16-35)42(36-17-9-6-10-18-36)38-21-25-40(26-22-38)48-34-14-12-28-44-30-32-46(3)4/h5-10,15-26,43-44H,11-14,27-34H2,1-4H3/b42-41-. The molecule has 6 heteroatoms. The maximum atomic E-state index is 6.14. The van der Waals surface area contributed by atoms with Gasteiger partial charge in [-0.3, -0.25) is 0 Å². The van der Waals surface area contributed by atoms with Gasteiger partial charge >= 0.3 is 0 Å². The Morgan fingerprint density at radius 2 is 0.792 bits per heavy atom. The number of likely N-dealkylation sites (N-methyl/N-ethyl adjacent to an activating group) is 2. The highest BCUT2D eigenvalue weighted by atomic mass is 16.5. The number of hydrogen-bond acceptors (Lipinski definition) is 6. The maximum Gasteiger partial charge on any atom is 0.119 e. The molecule has 4 rings (SSSR count). The molecule has 48 heavy (non-hydrogen) atoms. The van der Waals surface area contributed by atoms with Gasteiger partial charge in [0.05, 0.1) is 13.2 Å². The van der Waals surface area contributed by atoms with Crippen molar-refractivity contribution < 1.29 is 9.47 Å². The monoisotopic (exact) mass is 648 g/mol. The quantitative estimate of drug-likeness (QED) is 0.0689. The van der Waals surface area contributed by atoms with Crippen LogP contribution in [-0.2, 0) is 0 Å². The first-order valence-corrected chi connectivity index (χ1v) is 17.5. The number of rotatable bonds is 22. The number of benzene rings is 4. The molecule has 0 amide bonds. The summed E-state index contributed by atoms with van der Waals surface area (Å²) in [7, 11) is 8.41. The minimum Gasteiger partial charge on any atom is -0.494 e. The number of hydrogen-bond donors (Lipinski definition) is 2. The lowest BCUT2D eigenvalue weighted by molar-refractivity contribution is 0.305. The fourth-order valence-corrected chi connectivity index (χ4v) is 5.50. The average molecular weight is 649 g/mol. The van der Waals surface area contributed by atoms with Crippen molar-refractivity contribution in [1.29, 1.82) is 0 Å². The zero-order chi connectivity index (χ0) is 33.8. The summed E-state index contributed by atoms with van der Waals surface area (Å²) >= 11 is 0. The molecule has 0 heterocycles. The molecule has 4 aromatic carbocycles. The first-order valence-electron chi connectivity index (χ1n) is 17.5. The molecule has 2 N–H and O–H groups in total. The lowest BCUT2D eigenvalue weighted by atomic mass is 9.86. The van der Waals surface area contributed by atoms with Crippen molar-refractivity contribution in [2.45, 2.75) is 25.7 Å². The summed E-state index contributed by atoms with van der Waals surface area (Å²) in [6.45, 7) is 7.63. The molecule has 0 bridgehead atoms. The van der Waals surface area contributed by atoms with Gasteiger partial charge in [-0.15, -0.1) is 0 Å². The van der Waals surface area contributed by atoms with Gasteiger partial charge in [0.2, 0.25) is 0 Å². The van der Waals surface area contributed by atoms with E-state index in [1.807, 2.05) is 0 Å². The van der Waals surface area contributed by atoms with Gasteiger partial charge in [-0.05, 0) is 125 Å². The topological polar surface area (TPSA) is 49.0 Å². The lowest BCUT2D eigenvalue weighted by Gasteiger charge is -2.19. The molecule has 0 aromatic heterocycles. The Kier molecular flexibility index (Phi) is 16.2. The first-order chi connectivity index (χ1) is 23.5. The summed E-state index contributed by atoms with van der Waals surface area (Å²) < 4.78 is 12.3. The molecule has 0 aliphatic rings. The van der Waals surface area contributed by atoms with Crippen LogP contribution in [-0.4, -0.2) is 90.5 Å². The lowest BCUT2D eigenvalue weighted by Crippen LogP contribution is -2.27. The molecule has 0 fully saturated rings. The van der Waals surface area contributed by atoms with Crippen LogP contribution in [0.5, 0.6) is 11.5 Å². The van der Waals surface area contributed by atoms with Crippen LogP contribution in [0, 0.1) is 0 Å². The highest BCUT2D eigenvalue weighted by Gasteiger charge is 2.16. The second kappa shape index (κ2) is 21.1. The van der Waals surface area contributed by atoms with Crippen molar-refractivity contribution in [3.63, 3.8) is 0 Å². The van der Waals surface area contributed by atoms with Crippen LogP contribution in [0.3, 0.4) is 0 Å². The van der Waals surface area contributed by atoms with Gasteiger partial charge in [-0.25, -0.2) is 0 Å². The van der Waals surface area contributed by atoms with Crippen molar-refractivity contribution in [3.05, 3.63) is 131 Å². The van der Waals surface area contributed by atoms with E-state index < -0.39 is 0 Å². The maximum absolute atomic E-state index is 6.14.